The van der Waals surface area contributed by atoms with Crippen LogP contribution in [0.15, 0.2) is 67.0 Å². The van der Waals surface area contributed by atoms with Crippen LogP contribution in [-0.4, -0.2) is 23.5 Å². The first-order valence-corrected chi connectivity index (χ1v) is 9.81. The number of hydrogen-bond donors (Lipinski definition) is 3. The number of anilines is 2. The summed E-state index contributed by atoms with van der Waals surface area (Å²) < 4.78 is 0.590. The van der Waals surface area contributed by atoms with Gasteiger partial charge in [-0.25, -0.2) is 0 Å². The molecule has 1 amide bonds. The Morgan fingerprint density at radius 3 is 2.75 bits per heavy atom. The minimum atomic E-state index is -0.248. The van der Waals surface area contributed by atoms with Crippen molar-refractivity contribution in [3.8, 4) is 0 Å². The molecular formula is C20H17ClN4O2S. The number of nitrogens with zero attached hydrogens (tertiary/aromatic N) is 1. The molecule has 0 radical (unpaired) electrons. The Morgan fingerprint density at radius 2 is 2.04 bits per heavy atom. The maximum atomic E-state index is 12.1. The first-order chi connectivity index (χ1) is 13.7. The van der Waals surface area contributed by atoms with Gasteiger partial charge in [0.25, 0.3) is 5.91 Å². The zero-order chi connectivity index (χ0) is 19.3. The second-order valence-electron chi connectivity index (χ2n) is 6.10. The Labute approximate surface area is 171 Å². The number of nitrogens with one attached hydrogen (secondary N) is 3. The highest BCUT2D eigenvalue weighted by molar-refractivity contribution is 7.17. The summed E-state index contributed by atoms with van der Waals surface area (Å²) in [5, 5.41) is 6.14. The number of carbonyl (C=O) groups excluding carboxylic acids is 1. The monoisotopic (exact) mass is 412 g/mol. The third-order valence-corrected chi connectivity index (χ3v) is 5.31. The Balaban J connectivity index is 1.34. The molecule has 2 aromatic heterocycles. The number of thiophene rings is 1. The van der Waals surface area contributed by atoms with E-state index in [1.54, 1.807) is 24.5 Å². The lowest BCUT2D eigenvalue weighted by Gasteiger charge is -2.09. The number of benzene rings is 1. The minimum absolute atomic E-state index is 0.159. The first-order valence-electron chi connectivity index (χ1n) is 8.62. The topological polar surface area (TPSA) is 75.3 Å². The lowest BCUT2D eigenvalue weighted by molar-refractivity contribution is 0.0499. The fraction of sp³-hybridized carbons (Fsp3) is 0.100. The van der Waals surface area contributed by atoms with E-state index in [0.717, 1.165) is 22.6 Å². The van der Waals surface area contributed by atoms with Gasteiger partial charge in [0.05, 0.1) is 33.3 Å². The summed E-state index contributed by atoms with van der Waals surface area (Å²) in [5.74, 6) is -0.159. The van der Waals surface area contributed by atoms with E-state index in [9.17, 15) is 4.79 Å². The van der Waals surface area contributed by atoms with Crippen molar-refractivity contribution in [1.82, 2.24) is 15.8 Å². The molecule has 0 bridgehead atoms. The van der Waals surface area contributed by atoms with Gasteiger partial charge in [0.1, 0.15) is 6.10 Å². The van der Waals surface area contributed by atoms with Gasteiger partial charge in [-0.1, -0.05) is 23.7 Å². The molecule has 142 valence electrons. The number of rotatable bonds is 6. The molecule has 0 saturated heterocycles. The molecule has 8 heteroatoms. The number of halogens is 1. The Kier molecular flexibility index (Phi) is 5.57. The number of aromatic nitrogens is 1. The SMILES string of the molecule is O=C(NCC1C=C(c2ccc(Nc3cccnc3)cc2)NO1)c1ccc(Cl)s1. The van der Waals surface area contributed by atoms with Gasteiger partial charge >= 0.3 is 0 Å². The van der Waals surface area contributed by atoms with Crippen molar-refractivity contribution in [3.63, 3.8) is 0 Å². The minimum Gasteiger partial charge on any atom is -0.354 e. The summed E-state index contributed by atoms with van der Waals surface area (Å²) in [7, 11) is 0. The van der Waals surface area contributed by atoms with Crippen LogP contribution in [0.25, 0.3) is 5.70 Å². The lowest BCUT2D eigenvalue weighted by atomic mass is 10.1. The molecule has 1 aliphatic heterocycles. The number of hydroxylamine groups is 1. The fourth-order valence-corrected chi connectivity index (χ4v) is 3.66. The van der Waals surface area contributed by atoms with Gasteiger partial charge in [0, 0.05) is 11.9 Å². The van der Waals surface area contributed by atoms with E-state index in [4.69, 9.17) is 16.4 Å². The second kappa shape index (κ2) is 8.43. The highest BCUT2D eigenvalue weighted by atomic mass is 35.5. The number of amides is 1. The van der Waals surface area contributed by atoms with Gasteiger partial charge in [-0.3, -0.25) is 20.1 Å². The molecule has 28 heavy (non-hydrogen) atoms. The fourth-order valence-electron chi connectivity index (χ4n) is 2.70. The molecule has 1 atom stereocenters. The van der Waals surface area contributed by atoms with E-state index in [0.29, 0.717) is 15.8 Å². The van der Waals surface area contributed by atoms with Crippen molar-refractivity contribution >= 4 is 45.9 Å². The van der Waals surface area contributed by atoms with Crippen molar-refractivity contribution in [2.75, 3.05) is 11.9 Å². The first kappa shape index (κ1) is 18.5. The van der Waals surface area contributed by atoms with Gasteiger partial charge in [0.2, 0.25) is 0 Å². The van der Waals surface area contributed by atoms with Crippen LogP contribution in [0.4, 0.5) is 11.4 Å². The normalized spacial score (nSPS) is 15.6. The second-order valence-corrected chi connectivity index (χ2v) is 7.81. The van der Waals surface area contributed by atoms with Crippen LogP contribution in [0.1, 0.15) is 15.2 Å². The number of pyridine rings is 1. The molecule has 3 aromatic rings. The van der Waals surface area contributed by atoms with E-state index >= 15 is 0 Å². The summed E-state index contributed by atoms with van der Waals surface area (Å²) >= 11 is 7.11. The van der Waals surface area contributed by atoms with Crippen LogP contribution in [0, 0.1) is 0 Å². The Bertz CT molecular complexity index is 989. The molecule has 0 saturated carbocycles. The van der Waals surface area contributed by atoms with E-state index in [2.05, 4.69) is 21.1 Å². The highest BCUT2D eigenvalue weighted by Gasteiger charge is 2.19. The van der Waals surface area contributed by atoms with Crippen LogP contribution < -0.4 is 16.1 Å². The highest BCUT2D eigenvalue weighted by Crippen LogP contribution is 2.23. The zero-order valence-electron chi connectivity index (χ0n) is 14.7. The molecule has 0 fully saturated rings. The van der Waals surface area contributed by atoms with Gasteiger partial charge in [-0.2, -0.15) is 0 Å². The summed E-state index contributed by atoms with van der Waals surface area (Å²) in [6.45, 7) is 0.367. The van der Waals surface area contributed by atoms with Crippen LogP contribution in [0.2, 0.25) is 4.34 Å². The predicted molar refractivity (Wildman–Crippen MR) is 112 cm³/mol. The van der Waals surface area contributed by atoms with Crippen molar-refractivity contribution < 1.29 is 9.63 Å². The standard InChI is InChI=1S/C20H17ClN4O2S/c21-19-8-7-18(28-19)20(26)23-12-16-10-17(25-27-16)13-3-5-14(6-4-13)24-15-2-1-9-22-11-15/h1-11,16,24-25H,12H2,(H,23,26). The van der Waals surface area contributed by atoms with Gasteiger partial charge in [-0.05, 0) is 48.0 Å². The molecular weight excluding hydrogens is 396 g/mol. The number of carbonyl (C=O) groups is 1. The van der Waals surface area contributed by atoms with Crippen molar-refractivity contribution in [3.05, 3.63) is 81.8 Å². The molecule has 4 rings (SSSR count). The summed E-state index contributed by atoms with van der Waals surface area (Å²) in [6.07, 6.45) is 5.21. The molecule has 3 N–H and O–H groups in total. The molecule has 3 heterocycles. The van der Waals surface area contributed by atoms with Gasteiger partial charge in [-0.15, -0.1) is 11.3 Å². The third-order valence-electron chi connectivity index (χ3n) is 4.08. The van der Waals surface area contributed by atoms with Gasteiger partial charge < -0.3 is 10.6 Å². The summed E-state index contributed by atoms with van der Waals surface area (Å²) in [4.78, 5) is 22.3. The molecule has 0 spiro atoms. The number of hydrogen-bond acceptors (Lipinski definition) is 6. The van der Waals surface area contributed by atoms with E-state index in [1.807, 2.05) is 42.5 Å². The largest absolute Gasteiger partial charge is 0.354 e. The molecule has 6 nitrogen and oxygen atoms in total. The molecule has 1 aromatic carbocycles. The van der Waals surface area contributed by atoms with E-state index in [1.165, 1.54) is 11.3 Å². The van der Waals surface area contributed by atoms with Crippen LogP contribution in [0.5, 0.6) is 0 Å². The van der Waals surface area contributed by atoms with Gasteiger partial charge in [0.15, 0.2) is 0 Å². The molecule has 1 aliphatic rings. The molecule has 1 unspecified atom stereocenters. The summed E-state index contributed by atoms with van der Waals surface area (Å²) in [6, 6.07) is 15.2. The van der Waals surface area contributed by atoms with Crippen molar-refractivity contribution in [2.24, 2.45) is 0 Å². The smallest absolute Gasteiger partial charge is 0.261 e. The molecule has 0 aliphatic carbocycles. The lowest BCUT2D eigenvalue weighted by Crippen LogP contribution is -2.31. The van der Waals surface area contributed by atoms with Crippen LogP contribution >= 0.6 is 22.9 Å². The Hall–Kier alpha value is -2.87. The third kappa shape index (κ3) is 4.51. The maximum Gasteiger partial charge on any atom is 0.261 e. The maximum absolute atomic E-state index is 12.1. The van der Waals surface area contributed by atoms with E-state index < -0.39 is 0 Å². The van der Waals surface area contributed by atoms with Crippen molar-refractivity contribution in [1.29, 1.82) is 0 Å². The van der Waals surface area contributed by atoms with Crippen molar-refractivity contribution in [2.45, 2.75) is 6.10 Å². The predicted octanol–water partition coefficient (Wildman–Crippen LogP) is 4.21. The summed E-state index contributed by atoms with van der Waals surface area (Å²) in [5.41, 5.74) is 6.68. The average molecular weight is 413 g/mol. The Morgan fingerprint density at radius 1 is 1.18 bits per heavy atom. The quantitative estimate of drug-likeness (QED) is 0.565. The average Bonchev–Trinajstić information content (AvgIpc) is 3.37. The zero-order valence-corrected chi connectivity index (χ0v) is 16.3. The van der Waals surface area contributed by atoms with Crippen LogP contribution in [0.3, 0.4) is 0 Å². The van der Waals surface area contributed by atoms with Crippen LogP contribution in [-0.2, 0) is 4.84 Å². The van der Waals surface area contributed by atoms with E-state index in [-0.39, 0.29) is 12.0 Å².